The Balaban J connectivity index is 1.10. The van der Waals surface area contributed by atoms with Crippen LogP contribution in [0, 0.1) is 0 Å². The van der Waals surface area contributed by atoms with Crippen LogP contribution in [0.15, 0.2) is 95.0 Å². The molecule has 4 aromatic rings. The Hall–Kier alpha value is -3.84. The minimum atomic E-state index is -3.73. The lowest BCUT2D eigenvalue weighted by Crippen LogP contribution is -2.48. The van der Waals surface area contributed by atoms with Crippen molar-refractivity contribution < 1.29 is 16.8 Å². The maximum atomic E-state index is 13.7. The van der Waals surface area contributed by atoms with Crippen molar-refractivity contribution in [3.05, 3.63) is 96.3 Å². The van der Waals surface area contributed by atoms with Crippen molar-refractivity contribution in [1.29, 1.82) is 0 Å². The number of aromatic nitrogens is 2. The molecular formula is C31H32N6O4S2. The number of hydrogen-bond acceptors (Lipinski definition) is 8. The van der Waals surface area contributed by atoms with Gasteiger partial charge in [-0.15, -0.1) is 0 Å². The van der Waals surface area contributed by atoms with Gasteiger partial charge in [-0.25, -0.2) is 26.8 Å². The zero-order valence-electron chi connectivity index (χ0n) is 23.6. The summed E-state index contributed by atoms with van der Waals surface area (Å²) in [7, 11) is -7.45. The molecule has 1 aliphatic carbocycles. The van der Waals surface area contributed by atoms with E-state index < -0.39 is 20.0 Å². The Kier molecular flexibility index (Phi) is 7.16. The predicted molar refractivity (Wildman–Crippen MR) is 165 cm³/mol. The van der Waals surface area contributed by atoms with E-state index in [4.69, 9.17) is 0 Å². The Morgan fingerprint density at radius 3 is 1.30 bits per heavy atom. The van der Waals surface area contributed by atoms with Crippen LogP contribution >= 0.6 is 0 Å². The molecule has 2 aliphatic heterocycles. The fourth-order valence-corrected chi connectivity index (χ4v) is 9.04. The van der Waals surface area contributed by atoms with Crippen molar-refractivity contribution in [1.82, 2.24) is 18.6 Å². The molecule has 2 aromatic heterocycles. The summed E-state index contributed by atoms with van der Waals surface area (Å²) in [6.07, 6.45) is 4.11. The summed E-state index contributed by atoms with van der Waals surface area (Å²) in [4.78, 5) is 13.4. The van der Waals surface area contributed by atoms with E-state index in [0.29, 0.717) is 58.8 Å². The van der Waals surface area contributed by atoms with Gasteiger partial charge in [-0.1, -0.05) is 24.3 Å². The molecule has 0 bridgehead atoms. The van der Waals surface area contributed by atoms with Gasteiger partial charge in [-0.3, -0.25) is 0 Å². The van der Waals surface area contributed by atoms with Gasteiger partial charge in [-0.2, -0.15) is 8.61 Å². The maximum Gasteiger partial charge on any atom is 0.243 e. The largest absolute Gasteiger partial charge is 0.354 e. The first kappa shape index (κ1) is 28.0. The topological polar surface area (TPSA) is 107 Å². The van der Waals surface area contributed by atoms with Gasteiger partial charge >= 0.3 is 0 Å². The number of pyridine rings is 2. The molecule has 7 rings (SSSR count). The molecule has 43 heavy (non-hydrogen) atoms. The lowest BCUT2D eigenvalue weighted by Gasteiger charge is -2.34. The second-order valence-electron chi connectivity index (χ2n) is 11.0. The molecule has 0 radical (unpaired) electrons. The van der Waals surface area contributed by atoms with E-state index in [1.165, 1.54) is 8.61 Å². The number of anilines is 2. The van der Waals surface area contributed by atoms with E-state index in [2.05, 4.69) is 19.8 Å². The van der Waals surface area contributed by atoms with Gasteiger partial charge in [0.1, 0.15) is 11.6 Å². The van der Waals surface area contributed by atoms with Gasteiger partial charge in [0.05, 0.1) is 9.79 Å². The first-order valence-corrected chi connectivity index (χ1v) is 17.3. The van der Waals surface area contributed by atoms with Crippen molar-refractivity contribution in [3.63, 3.8) is 0 Å². The standard InChI is InChI=1S/C31H32N6O4S2/c38-42(39,36-17-13-34(14-18-36)30-5-1-3-11-32-30)26-9-7-24-21-25-8-10-27(23-29(25)28(24)22-26)43(40,41)37-19-15-35(16-20-37)31-6-2-4-12-33-31/h1-12,22-23H,13-21H2. The molecule has 12 heteroatoms. The van der Waals surface area contributed by atoms with Crippen LogP contribution in [-0.2, 0) is 26.5 Å². The van der Waals surface area contributed by atoms with Gasteiger partial charge in [0, 0.05) is 64.8 Å². The Bertz CT molecular complexity index is 1720. The zero-order chi connectivity index (χ0) is 29.6. The highest BCUT2D eigenvalue weighted by Crippen LogP contribution is 2.40. The second kappa shape index (κ2) is 11.0. The summed E-state index contributed by atoms with van der Waals surface area (Å²) in [5.74, 6) is 1.68. The third kappa shape index (κ3) is 5.18. The molecule has 2 fully saturated rings. The van der Waals surface area contributed by atoms with Gasteiger partial charge < -0.3 is 9.80 Å². The normalized spacial score (nSPS) is 18.0. The molecule has 0 N–H and O–H groups in total. The third-order valence-corrected chi connectivity index (χ3v) is 12.3. The summed E-state index contributed by atoms with van der Waals surface area (Å²) in [6.45, 7) is 3.68. The molecule has 4 heterocycles. The Labute approximate surface area is 252 Å². The maximum absolute atomic E-state index is 13.7. The molecular weight excluding hydrogens is 585 g/mol. The van der Waals surface area contributed by atoms with E-state index in [1.54, 1.807) is 36.7 Å². The SMILES string of the molecule is O=S(=O)(c1ccc2c(c1)-c1cc(S(=O)(=O)N3CCN(c4ccccn4)CC3)ccc1C2)N1CCN(c2ccccn2)CC1. The number of hydrogen-bond donors (Lipinski definition) is 0. The average Bonchev–Trinajstić information content (AvgIpc) is 3.43. The molecule has 2 saturated heterocycles. The molecule has 0 saturated carbocycles. The van der Waals surface area contributed by atoms with Crippen molar-refractivity contribution >= 4 is 31.7 Å². The van der Waals surface area contributed by atoms with Crippen LogP contribution in [0.1, 0.15) is 11.1 Å². The van der Waals surface area contributed by atoms with Crippen molar-refractivity contribution in [3.8, 4) is 11.1 Å². The summed E-state index contributed by atoms with van der Waals surface area (Å²) >= 11 is 0. The van der Waals surface area contributed by atoms with E-state index in [9.17, 15) is 16.8 Å². The fourth-order valence-electron chi connectivity index (χ4n) is 6.14. The van der Waals surface area contributed by atoms with Crippen LogP contribution in [0.25, 0.3) is 11.1 Å². The minimum Gasteiger partial charge on any atom is -0.354 e. The lowest BCUT2D eigenvalue weighted by atomic mass is 10.1. The zero-order valence-corrected chi connectivity index (χ0v) is 25.2. The van der Waals surface area contributed by atoms with E-state index in [0.717, 1.165) is 33.9 Å². The van der Waals surface area contributed by atoms with Crippen LogP contribution in [-0.4, -0.2) is 87.8 Å². The molecule has 0 spiro atoms. The summed E-state index contributed by atoms with van der Waals surface area (Å²) in [5, 5.41) is 0. The summed E-state index contributed by atoms with van der Waals surface area (Å²) < 4.78 is 57.8. The number of fused-ring (bicyclic) bond motifs is 3. The highest BCUT2D eigenvalue weighted by Gasteiger charge is 2.33. The predicted octanol–water partition coefficient (Wildman–Crippen LogP) is 3.07. The smallest absolute Gasteiger partial charge is 0.243 e. The average molecular weight is 617 g/mol. The monoisotopic (exact) mass is 616 g/mol. The van der Waals surface area contributed by atoms with Crippen LogP contribution in [0.3, 0.4) is 0 Å². The first-order valence-electron chi connectivity index (χ1n) is 14.4. The van der Waals surface area contributed by atoms with Crippen LogP contribution < -0.4 is 9.80 Å². The molecule has 222 valence electrons. The summed E-state index contributed by atoms with van der Waals surface area (Å²) in [6, 6.07) is 21.9. The number of nitrogens with zero attached hydrogens (tertiary/aromatic N) is 6. The van der Waals surface area contributed by atoms with Crippen LogP contribution in [0.2, 0.25) is 0 Å². The van der Waals surface area contributed by atoms with Gasteiger partial charge in [0.2, 0.25) is 20.0 Å². The number of piperazine rings is 2. The summed E-state index contributed by atoms with van der Waals surface area (Å²) in [5.41, 5.74) is 3.54. The minimum absolute atomic E-state index is 0.226. The van der Waals surface area contributed by atoms with Crippen molar-refractivity contribution in [2.75, 3.05) is 62.2 Å². The number of rotatable bonds is 6. The Morgan fingerprint density at radius 1 is 0.512 bits per heavy atom. The number of benzene rings is 2. The van der Waals surface area contributed by atoms with E-state index in [-0.39, 0.29) is 9.79 Å². The molecule has 0 unspecified atom stereocenters. The molecule has 0 amide bonds. The van der Waals surface area contributed by atoms with Gasteiger partial charge in [0.15, 0.2) is 0 Å². The second-order valence-corrected chi connectivity index (χ2v) is 14.8. The van der Waals surface area contributed by atoms with Crippen LogP contribution in [0.4, 0.5) is 11.6 Å². The number of sulfonamides is 2. The van der Waals surface area contributed by atoms with E-state index >= 15 is 0 Å². The highest BCUT2D eigenvalue weighted by atomic mass is 32.2. The first-order chi connectivity index (χ1) is 20.8. The van der Waals surface area contributed by atoms with Crippen molar-refractivity contribution in [2.45, 2.75) is 16.2 Å². The molecule has 2 aromatic carbocycles. The van der Waals surface area contributed by atoms with E-state index in [1.807, 2.05) is 48.5 Å². The van der Waals surface area contributed by atoms with Gasteiger partial charge in [0.25, 0.3) is 0 Å². The molecule has 0 atom stereocenters. The Morgan fingerprint density at radius 2 is 0.930 bits per heavy atom. The molecule has 10 nitrogen and oxygen atoms in total. The lowest BCUT2D eigenvalue weighted by molar-refractivity contribution is 0.383. The van der Waals surface area contributed by atoms with Crippen molar-refractivity contribution in [2.24, 2.45) is 0 Å². The fraction of sp³-hybridized carbons (Fsp3) is 0.290. The quantitative estimate of drug-likeness (QED) is 0.287. The van der Waals surface area contributed by atoms with Crippen LogP contribution in [0.5, 0.6) is 0 Å². The molecule has 3 aliphatic rings. The van der Waals surface area contributed by atoms with Gasteiger partial charge in [-0.05, 0) is 77.2 Å². The third-order valence-electron chi connectivity index (χ3n) is 8.53. The highest BCUT2D eigenvalue weighted by molar-refractivity contribution is 7.89.